The van der Waals surface area contributed by atoms with E-state index in [2.05, 4.69) is 9.99 Å². The summed E-state index contributed by atoms with van der Waals surface area (Å²) in [4.78, 5) is 25.4. The fourth-order valence-electron chi connectivity index (χ4n) is 0.911. The molecule has 1 unspecified atom stereocenters. The molecular formula is C6H7NO5. The van der Waals surface area contributed by atoms with Crippen LogP contribution in [0.25, 0.3) is 0 Å². The van der Waals surface area contributed by atoms with Crippen LogP contribution < -0.4 is 0 Å². The second kappa shape index (κ2) is 2.80. The van der Waals surface area contributed by atoms with E-state index in [-0.39, 0.29) is 6.42 Å². The van der Waals surface area contributed by atoms with Crippen molar-refractivity contribution in [3.8, 4) is 0 Å². The molecule has 0 bridgehead atoms. The zero-order chi connectivity index (χ0) is 9.19. The second-order valence-corrected chi connectivity index (χ2v) is 2.45. The minimum absolute atomic E-state index is 0.00532. The van der Waals surface area contributed by atoms with Crippen molar-refractivity contribution in [2.75, 3.05) is 0 Å². The summed E-state index contributed by atoms with van der Waals surface area (Å²) in [6.45, 7) is 0. The molecule has 0 aromatic carbocycles. The summed E-state index contributed by atoms with van der Waals surface area (Å²) in [5.41, 5.74) is -1.69. The summed E-state index contributed by atoms with van der Waals surface area (Å²) < 4.78 is 0. The smallest absolute Gasteiger partial charge is 0.351 e. The average molecular weight is 173 g/mol. The number of rotatable bonds is 3. The summed E-state index contributed by atoms with van der Waals surface area (Å²) in [7, 11) is 0. The molecule has 0 saturated heterocycles. The van der Waals surface area contributed by atoms with E-state index in [0.29, 0.717) is 0 Å². The number of nitrogens with zero attached hydrogens (tertiary/aromatic N) is 1. The molecule has 6 nitrogen and oxygen atoms in total. The highest BCUT2D eigenvalue weighted by atomic mass is 16.7. The van der Waals surface area contributed by atoms with Gasteiger partial charge in [0.05, 0.1) is 6.42 Å². The molecule has 0 amide bonds. The monoisotopic (exact) mass is 173 g/mol. The first kappa shape index (κ1) is 8.51. The Morgan fingerprint density at radius 1 is 1.58 bits per heavy atom. The molecule has 66 valence electrons. The molecule has 0 spiro atoms. The van der Waals surface area contributed by atoms with Crippen molar-refractivity contribution < 1.29 is 24.6 Å². The Kier molecular flexibility index (Phi) is 1.99. The van der Waals surface area contributed by atoms with Crippen LogP contribution in [0.15, 0.2) is 5.16 Å². The van der Waals surface area contributed by atoms with Crippen LogP contribution >= 0.6 is 0 Å². The van der Waals surface area contributed by atoms with Crippen LogP contribution in [0.4, 0.5) is 0 Å². The third-order valence-electron chi connectivity index (χ3n) is 1.55. The first-order valence-corrected chi connectivity index (χ1v) is 3.22. The van der Waals surface area contributed by atoms with Crippen LogP contribution in [0.1, 0.15) is 12.8 Å². The number of oxime groups is 1. The van der Waals surface area contributed by atoms with Crippen molar-refractivity contribution in [3.05, 3.63) is 0 Å². The molecule has 1 heterocycles. The van der Waals surface area contributed by atoms with Crippen LogP contribution in [0.3, 0.4) is 0 Å². The first-order chi connectivity index (χ1) is 5.57. The Hall–Kier alpha value is -1.59. The number of hydrogen-bond acceptors (Lipinski definition) is 4. The van der Waals surface area contributed by atoms with Crippen LogP contribution in [-0.2, 0) is 14.4 Å². The molecule has 0 radical (unpaired) electrons. The topological polar surface area (TPSA) is 96.2 Å². The van der Waals surface area contributed by atoms with Gasteiger partial charge >= 0.3 is 11.9 Å². The molecule has 12 heavy (non-hydrogen) atoms. The number of hydrogen-bond donors (Lipinski definition) is 2. The van der Waals surface area contributed by atoms with Gasteiger partial charge in [0, 0.05) is 12.6 Å². The molecule has 2 N–H and O–H groups in total. The van der Waals surface area contributed by atoms with Gasteiger partial charge in [0.15, 0.2) is 0 Å². The van der Waals surface area contributed by atoms with Crippen molar-refractivity contribution >= 4 is 18.2 Å². The van der Waals surface area contributed by atoms with Crippen LogP contribution in [-0.4, -0.2) is 34.0 Å². The molecule has 1 aliphatic rings. The standard InChI is InChI=1S/C6H7NO5/c8-4(9)3-6(5(10)11)1-2-7-12-6/h2H,1,3H2,(H,8,9)(H,10,11). The number of carbonyl (C=O) groups is 2. The summed E-state index contributed by atoms with van der Waals surface area (Å²) in [5.74, 6) is -2.52. The Balaban J connectivity index is 2.74. The van der Waals surface area contributed by atoms with Gasteiger partial charge in [-0.15, -0.1) is 0 Å². The van der Waals surface area contributed by atoms with Crippen LogP contribution in [0.2, 0.25) is 0 Å². The summed E-state index contributed by atoms with van der Waals surface area (Å²) in [6, 6.07) is 0. The lowest BCUT2D eigenvalue weighted by molar-refractivity contribution is -0.169. The van der Waals surface area contributed by atoms with E-state index in [1.54, 1.807) is 0 Å². The molecule has 1 aliphatic heterocycles. The van der Waals surface area contributed by atoms with E-state index < -0.39 is 24.0 Å². The molecule has 0 fully saturated rings. The van der Waals surface area contributed by atoms with E-state index in [1.807, 2.05) is 0 Å². The van der Waals surface area contributed by atoms with E-state index in [1.165, 1.54) is 6.21 Å². The second-order valence-electron chi connectivity index (χ2n) is 2.45. The van der Waals surface area contributed by atoms with Crippen LogP contribution in [0.5, 0.6) is 0 Å². The Bertz CT molecular complexity index is 238. The molecule has 6 heteroatoms. The lowest BCUT2D eigenvalue weighted by Gasteiger charge is -2.18. The maximum atomic E-state index is 10.6. The van der Waals surface area contributed by atoms with Crippen LogP contribution in [0, 0.1) is 0 Å². The third kappa shape index (κ3) is 1.36. The van der Waals surface area contributed by atoms with Gasteiger partial charge in [-0.05, 0) is 0 Å². The van der Waals surface area contributed by atoms with Crippen molar-refractivity contribution in [2.45, 2.75) is 18.4 Å². The highest BCUT2D eigenvalue weighted by Crippen LogP contribution is 2.24. The highest BCUT2D eigenvalue weighted by molar-refractivity contribution is 5.87. The zero-order valence-corrected chi connectivity index (χ0v) is 6.06. The summed E-state index contributed by atoms with van der Waals surface area (Å²) >= 11 is 0. The van der Waals surface area contributed by atoms with Crippen molar-refractivity contribution in [1.29, 1.82) is 0 Å². The Morgan fingerprint density at radius 2 is 2.25 bits per heavy atom. The quantitative estimate of drug-likeness (QED) is 0.610. The third-order valence-corrected chi connectivity index (χ3v) is 1.55. The number of carboxylic acids is 2. The van der Waals surface area contributed by atoms with Crippen molar-refractivity contribution in [2.24, 2.45) is 5.16 Å². The van der Waals surface area contributed by atoms with Gasteiger partial charge < -0.3 is 15.1 Å². The van der Waals surface area contributed by atoms with E-state index >= 15 is 0 Å². The molecule has 1 rings (SSSR count). The normalized spacial score (nSPS) is 26.7. The largest absolute Gasteiger partial charge is 0.481 e. The van der Waals surface area contributed by atoms with E-state index in [9.17, 15) is 9.59 Å². The minimum atomic E-state index is -1.69. The SMILES string of the molecule is O=C(O)CC1(C(=O)O)CC=NO1. The van der Waals surface area contributed by atoms with Crippen molar-refractivity contribution in [3.63, 3.8) is 0 Å². The van der Waals surface area contributed by atoms with E-state index in [0.717, 1.165) is 0 Å². The van der Waals surface area contributed by atoms with Gasteiger partial charge in [-0.2, -0.15) is 0 Å². The fourth-order valence-corrected chi connectivity index (χ4v) is 0.911. The zero-order valence-electron chi connectivity index (χ0n) is 6.06. The predicted octanol–water partition coefficient (Wildman–Crippen LogP) is -0.309. The maximum Gasteiger partial charge on any atom is 0.351 e. The van der Waals surface area contributed by atoms with Gasteiger partial charge in [-0.25, -0.2) is 4.79 Å². The maximum absolute atomic E-state index is 10.6. The molecule has 0 aliphatic carbocycles. The highest BCUT2D eigenvalue weighted by Gasteiger charge is 2.45. The number of carboxylic acid groups (broad SMARTS) is 2. The number of aliphatic carboxylic acids is 2. The van der Waals surface area contributed by atoms with E-state index in [4.69, 9.17) is 10.2 Å². The Morgan fingerprint density at radius 3 is 2.58 bits per heavy atom. The first-order valence-electron chi connectivity index (χ1n) is 3.22. The molecular weight excluding hydrogens is 166 g/mol. The lowest BCUT2D eigenvalue weighted by Crippen LogP contribution is -2.40. The van der Waals surface area contributed by atoms with Gasteiger partial charge in [0.1, 0.15) is 0 Å². The summed E-state index contributed by atoms with van der Waals surface area (Å²) in [5, 5.41) is 20.3. The molecule has 0 aromatic heterocycles. The average Bonchev–Trinajstić information content (AvgIpc) is 2.35. The minimum Gasteiger partial charge on any atom is -0.481 e. The van der Waals surface area contributed by atoms with Gasteiger partial charge in [-0.1, -0.05) is 5.16 Å². The molecule has 1 atom stereocenters. The van der Waals surface area contributed by atoms with Gasteiger partial charge in [0.25, 0.3) is 0 Å². The van der Waals surface area contributed by atoms with Crippen molar-refractivity contribution in [1.82, 2.24) is 0 Å². The van der Waals surface area contributed by atoms with Gasteiger partial charge in [-0.3, -0.25) is 4.79 Å². The lowest BCUT2D eigenvalue weighted by atomic mass is 9.97. The van der Waals surface area contributed by atoms with Gasteiger partial charge in [0.2, 0.25) is 5.60 Å². The summed E-state index contributed by atoms with van der Waals surface area (Å²) in [6.07, 6.45) is 0.661. The predicted molar refractivity (Wildman–Crippen MR) is 36.8 cm³/mol. The fraction of sp³-hybridized carbons (Fsp3) is 0.500. The Labute approximate surface area is 67.4 Å². The molecule has 0 saturated carbocycles. The molecule has 0 aromatic rings.